The average Bonchev–Trinajstić information content (AvgIpc) is 2.41. The molecule has 0 radical (unpaired) electrons. The monoisotopic (exact) mass is 339 g/mol. The van der Waals surface area contributed by atoms with Crippen molar-refractivity contribution in [3.05, 3.63) is 46.6 Å². The standard InChI is InChI=1S/C13H11BrFN3O2/c1-7(12(16)19)11-9(14)5-8(6-18-11)20-13-10(15)3-2-4-17-13/h2-7H,1H3,(H2,16,19). The van der Waals surface area contributed by atoms with Crippen molar-refractivity contribution < 1.29 is 13.9 Å². The van der Waals surface area contributed by atoms with Crippen LogP contribution in [0.3, 0.4) is 0 Å². The maximum Gasteiger partial charge on any atom is 0.255 e. The van der Waals surface area contributed by atoms with Crippen molar-refractivity contribution in [1.82, 2.24) is 9.97 Å². The highest BCUT2D eigenvalue weighted by Crippen LogP contribution is 2.29. The maximum atomic E-state index is 13.4. The summed E-state index contributed by atoms with van der Waals surface area (Å²) in [7, 11) is 0. The first-order valence-corrected chi connectivity index (χ1v) is 6.51. The Hall–Kier alpha value is -2.02. The van der Waals surface area contributed by atoms with Crippen LogP contribution in [0.15, 0.2) is 35.1 Å². The first-order chi connectivity index (χ1) is 9.49. The van der Waals surface area contributed by atoms with E-state index in [1.165, 1.54) is 24.5 Å². The molecule has 1 atom stereocenters. The van der Waals surface area contributed by atoms with E-state index >= 15 is 0 Å². The Balaban J connectivity index is 2.26. The highest BCUT2D eigenvalue weighted by Gasteiger charge is 2.17. The fourth-order valence-corrected chi connectivity index (χ4v) is 2.17. The lowest BCUT2D eigenvalue weighted by Gasteiger charge is -2.11. The van der Waals surface area contributed by atoms with Crippen molar-refractivity contribution in [2.24, 2.45) is 5.73 Å². The van der Waals surface area contributed by atoms with Crippen molar-refractivity contribution in [3.63, 3.8) is 0 Å². The van der Waals surface area contributed by atoms with E-state index in [0.29, 0.717) is 15.9 Å². The van der Waals surface area contributed by atoms with E-state index in [2.05, 4.69) is 25.9 Å². The number of ether oxygens (including phenoxy) is 1. The lowest BCUT2D eigenvalue weighted by Crippen LogP contribution is -2.20. The summed E-state index contributed by atoms with van der Waals surface area (Å²) in [5.74, 6) is -1.43. The molecule has 7 heteroatoms. The predicted molar refractivity (Wildman–Crippen MR) is 73.8 cm³/mol. The van der Waals surface area contributed by atoms with Crippen LogP contribution in [0.25, 0.3) is 0 Å². The summed E-state index contributed by atoms with van der Waals surface area (Å²) in [6.45, 7) is 1.65. The van der Waals surface area contributed by atoms with Gasteiger partial charge in [-0.3, -0.25) is 9.78 Å². The molecule has 2 aromatic rings. The van der Waals surface area contributed by atoms with E-state index in [1.54, 1.807) is 13.0 Å². The lowest BCUT2D eigenvalue weighted by molar-refractivity contribution is -0.119. The second-order valence-electron chi connectivity index (χ2n) is 4.05. The van der Waals surface area contributed by atoms with Crippen molar-refractivity contribution in [1.29, 1.82) is 0 Å². The quantitative estimate of drug-likeness (QED) is 0.928. The van der Waals surface area contributed by atoms with Gasteiger partial charge in [-0.05, 0) is 41.1 Å². The number of pyridine rings is 2. The zero-order valence-electron chi connectivity index (χ0n) is 10.5. The summed E-state index contributed by atoms with van der Waals surface area (Å²) in [6, 6.07) is 4.29. The highest BCUT2D eigenvalue weighted by atomic mass is 79.9. The van der Waals surface area contributed by atoms with Gasteiger partial charge in [-0.2, -0.15) is 0 Å². The number of hydrogen-bond acceptors (Lipinski definition) is 4. The molecule has 20 heavy (non-hydrogen) atoms. The molecule has 0 aliphatic carbocycles. The van der Waals surface area contributed by atoms with Crippen molar-refractivity contribution in [3.8, 4) is 11.6 Å². The van der Waals surface area contributed by atoms with Gasteiger partial charge in [-0.15, -0.1) is 0 Å². The van der Waals surface area contributed by atoms with E-state index in [9.17, 15) is 9.18 Å². The Morgan fingerprint density at radius 1 is 1.50 bits per heavy atom. The van der Waals surface area contributed by atoms with Gasteiger partial charge in [0.2, 0.25) is 5.91 Å². The van der Waals surface area contributed by atoms with Crippen LogP contribution in [-0.2, 0) is 4.79 Å². The highest BCUT2D eigenvalue weighted by molar-refractivity contribution is 9.10. The zero-order valence-corrected chi connectivity index (χ0v) is 12.1. The Kier molecular flexibility index (Phi) is 4.29. The number of primary amides is 1. The molecule has 2 heterocycles. The Morgan fingerprint density at radius 3 is 2.85 bits per heavy atom. The van der Waals surface area contributed by atoms with Gasteiger partial charge in [0.15, 0.2) is 5.82 Å². The molecule has 2 rings (SSSR count). The number of hydrogen-bond donors (Lipinski definition) is 1. The van der Waals surface area contributed by atoms with Gasteiger partial charge in [-0.25, -0.2) is 9.37 Å². The molecule has 0 aliphatic heterocycles. The number of carbonyl (C=O) groups excluding carboxylic acids is 1. The van der Waals surface area contributed by atoms with Crippen LogP contribution in [0.4, 0.5) is 4.39 Å². The zero-order chi connectivity index (χ0) is 14.7. The fourth-order valence-electron chi connectivity index (χ4n) is 1.50. The molecule has 104 valence electrons. The number of nitrogens with two attached hydrogens (primary N) is 1. The van der Waals surface area contributed by atoms with Crippen LogP contribution in [0.2, 0.25) is 0 Å². The molecule has 0 aromatic carbocycles. The van der Waals surface area contributed by atoms with Gasteiger partial charge < -0.3 is 10.5 Å². The normalized spacial score (nSPS) is 11.9. The van der Waals surface area contributed by atoms with Crippen LogP contribution in [0, 0.1) is 5.82 Å². The number of amides is 1. The number of aromatic nitrogens is 2. The first-order valence-electron chi connectivity index (χ1n) is 5.72. The molecule has 1 amide bonds. The molecule has 0 aliphatic rings. The van der Waals surface area contributed by atoms with Crippen molar-refractivity contribution >= 4 is 21.8 Å². The third-order valence-electron chi connectivity index (χ3n) is 2.62. The third kappa shape index (κ3) is 3.11. The van der Waals surface area contributed by atoms with E-state index in [1.807, 2.05) is 0 Å². The molecule has 0 spiro atoms. The largest absolute Gasteiger partial charge is 0.435 e. The summed E-state index contributed by atoms with van der Waals surface area (Å²) in [5.41, 5.74) is 5.72. The second-order valence-corrected chi connectivity index (χ2v) is 4.91. The molecule has 2 aromatic heterocycles. The molecule has 0 saturated carbocycles. The minimum Gasteiger partial charge on any atom is -0.435 e. The number of halogens is 2. The summed E-state index contributed by atoms with van der Waals surface area (Å²) >= 11 is 3.28. The van der Waals surface area contributed by atoms with Crippen molar-refractivity contribution in [2.45, 2.75) is 12.8 Å². The number of carbonyl (C=O) groups is 1. The van der Waals surface area contributed by atoms with Crippen LogP contribution in [0.1, 0.15) is 18.5 Å². The van der Waals surface area contributed by atoms with E-state index in [0.717, 1.165) is 0 Å². The van der Waals surface area contributed by atoms with Gasteiger partial charge in [-0.1, -0.05) is 0 Å². The van der Waals surface area contributed by atoms with Crippen LogP contribution >= 0.6 is 15.9 Å². The van der Waals surface area contributed by atoms with Gasteiger partial charge in [0.05, 0.1) is 17.8 Å². The van der Waals surface area contributed by atoms with E-state index in [4.69, 9.17) is 10.5 Å². The summed E-state index contributed by atoms with van der Waals surface area (Å²) < 4.78 is 19.3. The van der Waals surface area contributed by atoms with Gasteiger partial charge in [0, 0.05) is 10.7 Å². The molecule has 5 nitrogen and oxygen atoms in total. The van der Waals surface area contributed by atoms with Gasteiger partial charge >= 0.3 is 0 Å². The Morgan fingerprint density at radius 2 is 2.25 bits per heavy atom. The summed E-state index contributed by atoms with van der Waals surface area (Å²) in [5, 5.41) is 0. The molecule has 2 N–H and O–H groups in total. The number of nitrogens with zero attached hydrogens (tertiary/aromatic N) is 2. The minimum atomic E-state index is -0.571. The van der Waals surface area contributed by atoms with Crippen LogP contribution in [0.5, 0.6) is 11.6 Å². The minimum absolute atomic E-state index is 0.142. The third-order valence-corrected chi connectivity index (χ3v) is 3.26. The lowest BCUT2D eigenvalue weighted by atomic mass is 10.1. The average molecular weight is 340 g/mol. The smallest absolute Gasteiger partial charge is 0.255 e. The molecule has 0 bridgehead atoms. The summed E-state index contributed by atoms with van der Waals surface area (Å²) in [6.07, 6.45) is 2.80. The topological polar surface area (TPSA) is 78.1 Å². The van der Waals surface area contributed by atoms with Crippen LogP contribution < -0.4 is 10.5 Å². The van der Waals surface area contributed by atoms with E-state index in [-0.39, 0.29) is 5.88 Å². The Labute approximate surface area is 123 Å². The molecular formula is C13H11BrFN3O2. The Bertz CT molecular complexity index is 651. The summed E-state index contributed by atoms with van der Waals surface area (Å²) in [4.78, 5) is 19.0. The van der Waals surface area contributed by atoms with Gasteiger partial charge in [0.25, 0.3) is 5.88 Å². The second kappa shape index (κ2) is 5.96. The first kappa shape index (κ1) is 14.4. The van der Waals surface area contributed by atoms with Crippen LogP contribution in [-0.4, -0.2) is 15.9 Å². The molecule has 0 saturated heterocycles. The fraction of sp³-hybridized carbons (Fsp3) is 0.154. The molecular weight excluding hydrogens is 329 g/mol. The van der Waals surface area contributed by atoms with Gasteiger partial charge in [0.1, 0.15) is 5.75 Å². The van der Waals surface area contributed by atoms with E-state index < -0.39 is 17.6 Å². The van der Waals surface area contributed by atoms with Crippen molar-refractivity contribution in [2.75, 3.05) is 0 Å². The maximum absolute atomic E-state index is 13.4. The number of rotatable bonds is 4. The SMILES string of the molecule is CC(C(N)=O)c1ncc(Oc2ncccc2F)cc1Br. The molecule has 1 unspecified atom stereocenters. The molecule has 0 fully saturated rings. The predicted octanol–water partition coefficient (Wildman–Crippen LogP) is 2.76.